The fourth-order valence-corrected chi connectivity index (χ4v) is 2.79. The molecule has 2 aromatic rings. The summed E-state index contributed by atoms with van der Waals surface area (Å²) in [5.74, 6) is -0.213. The Kier molecular flexibility index (Phi) is 5.14. The number of methoxy groups -OCH3 is 1. The average molecular weight is 355 g/mol. The van der Waals surface area contributed by atoms with Gasteiger partial charge in [-0.05, 0) is 24.6 Å². The zero-order valence-corrected chi connectivity index (χ0v) is 13.7. The number of carbonyl (C=O) groups is 1. The monoisotopic (exact) mass is 354 g/mol. The summed E-state index contributed by atoms with van der Waals surface area (Å²) in [4.78, 5) is 15.6. The van der Waals surface area contributed by atoms with Gasteiger partial charge in [-0.25, -0.2) is 4.98 Å². The quantitative estimate of drug-likeness (QED) is 0.822. The van der Waals surface area contributed by atoms with Crippen molar-refractivity contribution in [2.75, 3.05) is 12.4 Å². The van der Waals surface area contributed by atoms with E-state index in [-0.39, 0.29) is 5.97 Å². The van der Waals surface area contributed by atoms with Crippen LogP contribution in [0.25, 0.3) is 0 Å². The number of hydrogen-bond donors (Lipinski definition) is 1. The van der Waals surface area contributed by atoms with Crippen LogP contribution in [0.2, 0.25) is 0 Å². The van der Waals surface area contributed by atoms with E-state index in [1.807, 2.05) is 30.5 Å². The van der Waals surface area contributed by atoms with Gasteiger partial charge in [0, 0.05) is 22.0 Å². The molecule has 2 rings (SSSR count). The minimum absolute atomic E-state index is 0.213. The molecule has 106 valence electrons. The first-order valence-corrected chi connectivity index (χ1v) is 7.80. The van der Waals surface area contributed by atoms with Gasteiger partial charge in [0.1, 0.15) is 0 Å². The molecule has 0 spiro atoms. The Balaban J connectivity index is 2.02. The molecule has 6 heteroatoms. The number of aromatic nitrogens is 1. The molecule has 1 aromatic heterocycles. The van der Waals surface area contributed by atoms with Crippen LogP contribution < -0.4 is 5.32 Å². The molecule has 0 aliphatic heterocycles. The van der Waals surface area contributed by atoms with Crippen molar-refractivity contribution in [1.82, 2.24) is 4.98 Å². The highest BCUT2D eigenvalue weighted by molar-refractivity contribution is 9.10. The predicted molar refractivity (Wildman–Crippen MR) is 84.6 cm³/mol. The fraction of sp³-hybridized carbons (Fsp3) is 0.286. The number of thiazole rings is 1. The normalized spacial score (nSPS) is 10.3. The van der Waals surface area contributed by atoms with Gasteiger partial charge in [0.15, 0.2) is 5.13 Å². The highest BCUT2D eigenvalue weighted by Gasteiger charge is 2.07. The van der Waals surface area contributed by atoms with Gasteiger partial charge >= 0.3 is 5.97 Å². The molecule has 0 atom stereocenters. The molecule has 0 unspecified atom stereocenters. The van der Waals surface area contributed by atoms with Gasteiger partial charge in [-0.3, -0.25) is 4.79 Å². The summed E-state index contributed by atoms with van der Waals surface area (Å²) in [7, 11) is 1.40. The van der Waals surface area contributed by atoms with Crippen LogP contribution in [-0.2, 0) is 16.0 Å². The lowest BCUT2D eigenvalue weighted by atomic mass is 10.2. The average Bonchev–Trinajstić information content (AvgIpc) is 2.89. The molecule has 0 aliphatic rings. The summed E-state index contributed by atoms with van der Waals surface area (Å²) >= 11 is 5.03. The second-order valence-electron chi connectivity index (χ2n) is 4.26. The van der Waals surface area contributed by atoms with E-state index in [0.717, 1.165) is 26.5 Å². The molecule has 4 nitrogen and oxygen atoms in total. The topological polar surface area (TPSA) is 51.2 Å². The SMILES string of the molecule is COC(=O)CCc1csc(Nc2cccc(Br)c2C)n1. The van der Waals surface area contributed by atoms with Crippen LogP contribution in [0.4, 0.5) is 10.8 Å². The number of nitrogens with one attached hydrogen (secondary N) is 1. The van der Waals surface area contributed by atoms with Crippen LogP contribution in [0.15, 0.2) is 28.1 Å². The first-order valence-electron chi connectivity index (χ1n) is 6.13. The maximum Gasteiger partial charge on any atom is 0.305 e. The van der Waals surface area contributed by atoms with Crippen molar-refractivity contribution >= 4 is 44.1 Å². The molecule has 0 radical (unpaired) electrons. The Morgan fingerprint density at radius 2 is 2.30 bits per heavy atom. The van der Waals surface area contributed by atoms with Crippen LogP contribution in [0, 0.1) is 6.92 Å². The minimum Gasteiger partial charge on any atom is -0.469 e. The summed E-state index contributed by atoms with van der Waals surface area (Å²) in [5, 5.41) is 6.08. The number of esters is 1. The number of carbonyl (C=O) groups excluding carboxylic acids is 1. The molecular formula is C14H15BrN2O2S. The standard InChI is InChI=1S/C14H15BrN2O2S/c1-9-11(15)4-3-5-12(9)17-14-16-10(8-20-14)6-7-13(18)19-2/h3-5,8H,6-7H2,1-2H3,(H,16,17). The zero-order chi connectivity index (χ0) is 14.5. The molecule has 0 saturated heterocycles. The highest BCUT2D eigenvalue weighted by Crippen LogP contribution is 2.28. The summed E-state index contributed by atoms with van der Waals surface area (Å²) in [6.45, 7) is 2.04. The van der Waals surface area contributed by atoms with Gasteiger partial charge < -0.3 is 10.1 Å². The number of halogens is 1. The van der Waals surface area contributed by atoms with Crippen molar-refractivity contribution in [2.45, 2.75) is 19.8 Å². The Labute approximate surface area is 130 Å². The Morgan fingerprint density at radius 3 is 3.05 bits per heavy atom. The Hall–Kier alpha value is -1.40. The zero-order valence-electron chi connectivity index (χ0n) is 11.3. The molecule has 0 fully saturated rings. The van der Waals surface area contributed by atoms with Crippen molar-refractivity contribution in [2.24, 2.45) is 0 Å². The van der Waals surface area contributed by atoms with Crippen molar-refractivity contribution in [1.29, 1.82) is 0 Å². The van der Waals surface area contributed by atoms with E-state index < -0.39 is 0 Å². The van der Waals surface area contributed by atoms with Gasteiger partial charge in [0.05, 0.1) is 19.2 Å². The van der Waals surface area contributed by atoms with E-state index in [9.17, 15) is 4.79 Å². The molecule has 0 aliphatic carbocycles. The highest BCUT2D eigenvalue weighted by atomic mass is 79.9. The molecular weight excluding hydrogens is 340 g/mol. The van der Waals surface area contributed by atoms with Gasteiger partial charge in [-0.2, -0.15) is 0 Å². The van der Waals surface area contributed by atoms with E-state index >= 15 is 0 Å². The van der Waals surface area contributed by atoms with Crippen molar-refractivity contribution in [3.8, 4) is 0 Å². The van der Waals surface area contributed by atoms with Crippen LogP contribution in [0.5, 0.6) is 0 Å². The van der Waals surface area contributed by atoms with Crippen molar-refractivity contribution in [3.05, 3.63) is 39.3 Å². The first-order chi connectivity index (χ1) is 9.60. The van der Waals surface area contributed by atoms with Gasteiger partial charge in [-0.1, -0.05) is 22.0 Å². The van der Waals surface area contributed by atoms with E-state index in [2.05, 4.69) is 31.0 Å². The number of anilines is 2. The number of aryl methyl sites for hydroxylation is 1. The molecule has 1 aromatic carbocycles. The van der Waals surface area contributed by atoms with E-state index in [1.165, 1.54) is 18.4 Å². The molecule has 0 saturated carbocycles. The van der Waals surface area contributed by atoms with E-state index in [4.69, 9.17) is 0 Å². The van der Waals surface area contributed by atoms with Crippen LogP contribution in [0.1, 0.15) is 17.7 Å². The van der Waals surface area contributed by atoms with Crippen LogP contribution in [-0.4, -0.2) is 18.1 Å². The van der Waals surface area contributed by atoms with Gasteiger partial charge in [0.2, 0.25) is 0 Å². The largest absolute Gasteiger partial charge is 0.469 e. The molecule has 1 N–H and O–H groups in total. The third-order valence-electron chi connectivity index (χ3n) is 2.87. The minimum atomic E-state index is -0.213. The second kappa shape index (κ2) is 6.85. The maximum atomic E-state index is 11.1. The van der Waals surface area contributed by atoms with Crippen molar-refractivity contribution < 1.29 is 9.53 Å². The summed E-state index contributed by atoms with van der Waals surface area (Å²) < 4.78 is 5.68. The second-order valence-corrected chi connectivity index (χ2v) is 5.97. The summed E-state index contributed by atoms with van der Waals surface area (Å²) in [5.41, 5.74) is 3.06. The Bertz CT molecular complexity index is 613. The Morgan fingerprint density at radius 1 is 1.50 bits per heavy atom. The fourth-order valence-electron chi connectivity index (χ4n) is 1.67. The lowest BCUT2D eigenvalue weighted by Crippen LogP contribution is -2.02. The smallest absolute Gasteiger partial charge is 0.305 e. The number of benzene rings is 1. The number of ether oxygens (including phenoxy) is 1. The van der Waals surface area contributed by atoms with Crippen LogP contribution >= 0.6 is 27.3 Å². The third-order valence-corrected chi connectivity index (χ3v) is 4.54. The maximum absolute atomic E-state index is 11.1. The van der Waals surface area contributed by atoms with Gasteiger partial charge in [0.25, 0.3) is 0 Å². The molecule has 20 heavy (non-hydrogen) atoms. The van der Waals surface area contributed by atoms with Crippen molar-refractivity contribution in [3.63, 3.8) is 0 Å². The molecule has 1 heterocycles. The molecule has 0 bridgehead atoms. The van der Waals surface area contributed by atoms with Crippen LogP contribution in [0.3, 0.4) is 0 Å². The predicted octanol–water partition coefficient (Wildman–Crippen LogP) is 4.06. The number of hydrogen-bond acceptors (Lipinski definition) is 5. The lowest BCUT2D eigenvalue weighted by Gasteiger charge is -2.07. The third kappa shape index (κ3) is 3.80. The number of rotatable bonds is 5. The molecule has 0 amide bonds. The van der Waals surface area contributed by atoms with E-state index in [0.29, 0.717) is 12.8 Å². The summed E-state index contributed by atoms with van der Waals surface area (Å²) in [6, 6.07) is 5.99. The summed E-state index contributed by atoms with van der Waals surface area (Å²) in [6.07, 6.45) is 0.956. The van der Waals surface area contributed by atoms with Gasteiger partial charge in [-0.15, -0.1) is 11.3 Å². The van der Waals surface area contributed by atoms with E-state index in [1.54, 1.807) is 0 Å². The number of nitrogens with zero attached hydrogens (tertiary/aromatic N) is 1. The first kappa shape index (κ1) is 15.0. The lowest BCUT2D eigenvalue weighted by molar-refractivity contribution is -0.140.